The third-order valence-corrected chi connectivity index (χ3v) is 5.31. The zero-order chi connectivity index (χ0) is 19.4. The lowest BCUT2D eigenvalue weighted by Crippen LogP contribution is -2.62. The molecule has 0 saturated carbocycles. The van der Waals surface area contributed by atoms with E-state index in [1.165, 1.54) is 4.90 Å². The van der Waals surface area contributed by atoms with Crippen molar-refractivity contribution in [2.24, 2.45) is 4.99 Å². The van der Waals surface area contributed by atoms with E-state index in [2.05, 4.69) is 11.4 Å². The number of nitrogens with one attached hydrogen (secondary N) is 1. The Morgan fingerprint density at radius 1 is 1.04 bits per heavy atom. The van der Waals surface area contributed by atoms with Crippen LogP contribution in [-0.2, 0) is 4.79 Å². The summed E-state index contributed by atoms with van der Waals surface area (Å²) < 4.78 is 0. The lowest BCUT2D eigenvalue weighted by molar-refractivity contribution is -0.126. The molecule has 1 fully saturated rings. The van der Waals surface area contributed by atoms with Gasteiger partial charge in [0.15, 0.2) is 12.2 Å². The fraction of sp³-hybridized carbons (Fsp3) is 0.190. The molecular weight excluding hydrogens is 354 g/mol. The number of aliphatic imine (C=N–C) groups is 1. The van der Waals surface area contributed by atoms with Gasteiger partial charge in [-0.1, -0.05) is 42.5 Å². The number of urea groups is 1. The maximum Gasteiger partial charge on any atom is 0.325 e. The molecule has 28 heavy (non-hydrogen) atoms. The fourth-order valence-electron chi connectivity index (χ4n) is 3.91. The minimum atomic E-state index is -0.578. The molecule has 140 valence electrons. The quantitative estimate of drug-likeness (QED) is 0.878. The summed E-state index contributed by atoms with van der Waals surface area (Å²) >= 11 is 0. The van der Waals surface area contributed by atoms with Crippen molar-refractivity contribution in [2.75, 3.05) is 11.9 Å². The number of nitrogens with zero attached hydrogens (tertiary/aromatic N) is 4. The van der Waals surface area contributed by atoms with Crippen LogP contribution in [0.5, 0.6) is 0 Å². The van der Waals surface area contributed by atoms with Crippen molar-refractivity contribution in [3.05, 3.63) is 71.9 Å². The van der Waals surface area contributed by atoms with Crippen LogP contribution in [0, 0.1) is 6.92 Å². The highest BCUT2D eigenvalue weighted by Crippen LogP contribution is 2.39. The molecule has 3 amide bonds. The molecule has 1 saturated heterocycles. The number of anilines is 1. The predicted molar refractivity (Wildman–Crippen MR) is 106 cm³/mol. The first-order valence-corrected chi connectivity index (χ1v) is 9.12. The molecule has 0 aromatic heterocycles. The van der Waals surface area contributed by atoms with Crippen LogP contribution in [0.4, 0.5) is 10.5 Å². The molecule has 3 aliphatic rings. The fourth-order valence-corrected chi connectivity index (χ4v) is 3.91. The number of likely N-dealkylation sites (N-methyl/N-ethyl adjacent to an activating group) is 1. The number of imide groups is 1. The van der Waals surface area contributed by atoms with Gasteiger partial charge in [0, 0.05) is 24.5 Å². The monoisotopic (exact) mass is 373 g/mol. The van der Waals surface area contributed by atoms with Gasteiger partial charge < -0.3 is 4.90 Å². The largest absolute Gasteiger partial charge is 0.325 e. The van der Waals surface area contributed by atoms with Crippen LogP contribution < -0.4 is 10.2 Å². The Balaban J connectivity index is 1.66. The summed E-state index contributed by atoms with van der Waals surface area (Å²) in [4.78, 5) is 34.8. The van der Waals surface area contributed by atoms with Crippen LogP contribution >= 0.6 is 0 Å². The number of aryl methyl sites for hydroxylation is 1. The number of guanidine groups is 1. The number of carbonyl (C=O) groups excluding carboxylic acids is 2. The summed E-state index contributed by atoms with van der Waals surface area (Å²) in [5.74, 6) is 0.317. The van der Waals surface area contributed by atoms with E-state index >= 15 is 0 Å². The number of hydrogen-bond donors (Lipinski definition) is 1. The van der Waals surface area contributed by atoms with Crippen molar-refractivity contribution in [1.29, 1.82) is 0 Å². The third kappa shape index (κ3) is 2.32. The number of fused-ring (bicyclic) bond motifs is 3. The van der Waals surface area contributed by atoms with E-state index in [4.69, 9.17) is 4.99 Å². The van der Waals surface area contributed by atoms with Gasteiger partial charge in [-0.15, -0.1) is 0 Å². The summed E-state index contributed by atoms with van der Waals surface area (Å²) in [5.41, 5.74) is 4.06. The van der Waals surface area contributed by atoms with E-state index in [1.807, 2.05) is 71.5 Å². The Bertz CT molecular complexity index is 1050. The van der Waals surface area contributed by atoms with Crippen LogP contribution in [0.2, 0.25) is 0 Å². The topological polar surface area (TPSA) is 68.2 Å². The highest BCUT2D eigenvalue weighted by atomic mass is 16.2. The summed E-state index contributed by atoms with van der Waals surface area (Å²) in [6, 6.07) is 17.2. The van der Waals surface area contributed by atoms with E-state index in [0.29, 0.717) is 5.96 Å². The maximum absolute atomic E-state index is 12.6. The van der Waals surface area contributed by atoms with Gasteiger partial charge in [0.25, 0.3) is 5.91 Å². The number of carbonyl (C=O) groups is 2. The molecule has 0 aliphatic carbocycles. The molecule has 1 N–H and O–H groups in total. The smallest absolute Gasteiger partial charge is 0.303 e. The van der Waals surface area contributed by atoms with Gasteiger partial charge >= 0.3 is 6.03 Å². The van der Waals surface area contributed by atoms with Crippen LogP contribution in [-0.4, -0.2) is 47.0 Å². The van der Waals surface area contributed by atoms with Crippen molar-refractivity contribution in [3.63, 3.8) is 0 Å². The molecule has 3 aliphatic heterocycles. The predicted octanol–water partition coefficient (Wildman–Crippen LogP) is 2.36. The minimum absolute atomic E-state index is 0.332. The van der Waals surface area contributed by atoms with Crippen molar-refractivity contribution in [3.8, 4) is 0 Å². The second-order valence-corrected chi connectivity index (χ2v) is 7.15. The van der Waals surface area contributed by atoms with Gasteiger partial charge in [-0.05, 0) is 24.6 Å². The number of benzene rings is 2. The SMILES string of the molecule is Cc1cccc(N2C(c3ccccc3)=CN3C2=NC2C3C(=O)NC(=O)N2C)c1. The summed E-state index contributed by atoms with van der Waals surface area (Å²) in [7, 11) is 1.66. The standard InChI is InChI=1S/C21H19N5O2/c1-13-7-6-10-15(11-13)26-16(14-8-4-3-5-9-14)12-25-17-18(22-20(25)26)24(2)21(28)23-19(17)27/h3-12,17-18H,1-2H3,(H,23,27,28). The first-order valence-electron chi connectivity index (χ1n) is 9.12. The van der Waals surface area contributed by atoms with Crippen molar-refractivity contribution >= 4 is 29.3 Å². The van der Waals surface area contributed by atoms with E-state index in [0.717, 1.165) is 22.5 Å². The van der Waals surface area contributed by atoms with Crippen LogP contribution in [0.3, 0.4) is 0 Å². The molecule has 2 atom stereocenters. The molecule has 0 radical (unpaired) electrons. The lowest BCUT2D eigenvalue weighted by atomic mass is 10.1. The Kier molecular flexibility index (Phi) is 3.52. The number of hydrogen-bond acceptors (Lipinski definition) is 5. The van der Waals surface area contributed by atoms with E-state index in [-0.39, 0.29) is 5.91 Å². The van der Waals surface area contributed by atoms with Crippen molar-refractivity contribution in [1.82, 2.24) is 15.1 Å². The molecule has 2 unspecified atom stereocenters. The Hall–Kier alpha value is -3.61. The van der Waals surface area contributed by atoms with Gasteiger partial charge in [-0.2, -0.15) is 0 Å². The van der Waals surface area contributed by atoms with Crippen molar-refractivity contribution < 1.29 is 9.59 Å². The molecule has 0 spiro atoms. The first kappa shape index (κ1) is 16.6. The normalized spacial score (nSPS) is 23.3. The average Bonchev–Trinajstić information content (AvgIpc) is 3.23. The molecule has 5 rings (SSSR count). The highest BCUT2D eigenvalue weighted by Gasteiger charge is 2.52. The molecule has 0 bridgehead atoms. The van der Waals surface area contributed by atoms with E-state index in [9.17, 15) is 9.59 Å². The van der Waals surface area contributed by atoms with Gasteiger partial charge in [0.1, 0.15) is 0 Å². The Morgan fingerprint density at radius 3 is 2.57 bits per heavy atom. The highest BCUT2D eigenvalue weighted by molar-refractivity contribution is 6.16. The first-order chi connectivity index (χ1) is 13.5. The zero-order valence-corrected chi connectivity index (χ0v) is 15.5. The Morgan fingerprint density at radius 2 is 1.82 bits per heavy atom. The molecule has 7 heteroatoms. The summed E-state index contributed by atoms with van der Waals surface area (Å²) in [6.45, 7) is 2.04. The minimum Gasteiger partial charge on any atom is -0.303 e. The molecule has 7 nitrogen and oxygen atoms in total. The number of rotatable bonds is 2. The Labute approximate surface area is 162 Å². The summed E-state index contributed by atoms with van der Waals surface area (Å²) in [5, 5.41) is 2.42. The van der Waals surface area contributed by atoms with E-state index in [1.54, 1.807) is 7.05 Å². The van der Waals surface area contributed by atoms with Crippen LogP contribution in [0.15, 0.2) is 65.8 Å². The van der Waals surface area contributed by atoms with Gasteiger partial charge in [0.2, 0.25) is 5.96 Å². The maximum atomic E-state index is 12.6. The second kappa shape index (κ2) is 5.95. The van der Waals surface area contributed by atoms with Crippen LogP contribution in [0.25, 0.3) is 5.70 Å². The third-order valence-electron chi connectivity index (χ3n) is 5.31. The molecule has 2 aromatic carbocycles. The zero-order valence-electron chi connectivity index (χ0n) is 15.5. The molecule has 2 aromatic rings. The molecular formula is C21H19N5O2. The average molecular weight is 373 g/mol. The van der Waals surface area contributed by atoms with Crippen LogP contribution in [0.1, 0.15) is 11.1 Å². The van der Waals surface area contributed by atoms with Gasteiger partial charge in [0.05, 0.1) is 5.70 Å². The van der Waals surface area contributed by atoms with Crippen molar-refractivity contribution in [2.45, 2.75) is 19.1 Å². The van der Waals surface area contributed by atoms with Gasteiger partial charge in [-0.25, -0.2) is 9.79 Å². The molecule has 3 heterocycles. The number of amides is 3. The van der Waals surface area contributed by atoms with E-state index < -0.39 is 18.2 Å². The summed E-state index contributed by atoms with van der Waals surface area (Å²) in [6.07, 6.45) is 1.40. The second-order valence-electron chi connectivity index (χ2n) is 7.15. The van der Waals surface area contributed by atoms with Gasteiger partial charge in [-0.3, -0.25) is 19.9 Å². The lowest BCUT2D eigenvalue weighted by Gasteiger charge is -2.34.